The molecule has 1 aromatic heterocycles. The van der Waals surface area contributed by atoms with Crippen molar-refractivity contribution in [1.29, 1.82) is 0 Å². The lowest BCUT2D eigenvalue weighted by atomic mass is 10.1. The molecular formula is C9H14N4O. The number of aryl methyl sites for hydroxylation is 1. The van der Waals surface area contributed by atoms with Gasteiger partial charge in [-0.1, -0.05) is 0 Å². The fraction of sp³-hybridized carbons (Fsp3) is 0.556. The summed E-state index contributed by atoms with van der Waals surface area (Å²) in [4.78, 5) is 8.68. The fourth-order valence-electron chi connectivity index (χ4n) is 1.59. The molecule has 1 atom stereocenters. The van der Waals surface area contributed by atoms with Crippen LogP contribution in [0.25, 0.3) is 0 Å². The van der Waals surface area contributed by atoms with Gasteiger partial charge in [0.15, 0.2) is 0 Å². The van der Waals surface area contributed by atoms with Gasteiger partial charge in [-0.25, -0.2) is 15.8 Å². The van der Waals surface area contributed by atoms with E-state index >= 15 is 0 Å². The van der Waals surface area contributed by atoms with Gasteiger partial charge in [-0.2, -0.15) is 0 Å². The van der Waals surface area contributed by atoms with Crippen LogP contribution in [0.1, 0.15) is 23.9 Å². The first-order chi connectivity index (χ1) is 6.79. The van der Waals surface area contributed by atoms with Gasteiger partial charge in [0.05, 0.1) is 6.61 Å². The highest BCUT2D eigenvalue weighted by Crippen LogP contribution is 2.23. The molecule has 0 radical (unpaired) electrons. The van der Waals surface area contributed by atoms with Gasteiger partial charge >= 0.3 is 0 Å². The van der Waals surface area contributed by atoms with Crippen LogP contribution in [0.4, 0.5) is 5.82 Å². The molecule has 3 N–H and O–H groups in total. The highest BCUT2D eigenvalue weighted by molar-refractivity contribution is 5.34. The maximum atomic E-state index is 5.31. The number of nitrogens with one attached hydrogen (secondary N) is 1. The molecule has 1 unspecified atom stereocenters. The minimum absolute atomic E-state index is 0.321. The van der Waals surface area contributed by atoms with Crippen molar-refractivity contribution in [1.82, 2.24) is 9.97 Å². The van der Waals surface area contributed by atoms with Crippen molar-refractivity contribution in [3.05, 3.63) is 17.6 Å². The first-order valence-corrected chi connectivity index (χ1v) is 4.69. The lowest BCUT2D eigenvalue weighted by Gasteiger charge is -2.08. The zero-order valence-corrected chi connectivity index (χ0v) is 8.16. The molecule has 0 spiro atoms. The summed E-state index contributed by atoms with van der Waals surface area (Å²) in [5, 5.41) is 0. The van der Waals surface area contributed by atoms with Gasteiger partial charge in [0.2, 0.25) is 0 Å². The average molecular weight is 194 g/mol. The van der Waals surface area contributed by atoms with Gasteiger partial charge < -0.3 is 10.2 Å². The third-order valence-corrected chi connectivity index (χ3v) is 2.31. The van der Waals surface area contributed by atoms with E-state index in [1.807, 2.05) is 13.0 Å². The number of nitrogens with two attached hydrogens (primary N) is 1. The minimum atomic E-state index is 0.321. The fourth-order valence-corrected chi connectivity index (χ4v) is 1.59. The molecule has 0 saturated carbocycles. The maximum Gasteiger partial charge on any atom is 0.143 e. The molecule has 5 heteroatoms. The second-order valence-electron chi connectivity index (χ2n) is 3.46. The van der Waals surface area contributed by atoms with Crippen LogP contribution in [-0.4, -0.2) is 23.2 Å². The Morgan fingerprint density at radius 1 is 1.57 bits per heavy atom. The number of ether oxygens (including phenoxy) is 1. The van der Waals surface area contributed by atoms with Gasteiger partial charge in [0.1, 0.15) is 11.6 Å². The van der Waals surface area contributed by atoms with E-state index in [4.69, 9.17) is 10.6 Å². The molecule has 2 rings (SSSR count). The minimum Gasteiger partial charge on any atom is -0.381 e. The Hall–Kier alpha value is -1.20. The van der Waals surface area contributed by atoms with Crippen LogP contribution in [0.2, 0.25) is 0 Å². The Balaban J connectivity index is 2.27. The Morgan fingerprint density at radius 3 is 3.07 bits per heavy atom. The van der Waals surface area contributed by atoms with E-state index in [1.165, 1.54) is 0 Å². The predicted molar refractivity (Wildman–Crippen MR) is 52.8 cm³/mol. The Kier molecular flexibility index (Phi) is 2.60. The number of anilines is 1. The lowest BCUT2D eigenvalue weighted by molar-refractivity contribution is 0.193. The van der Waals surface area contributed by atoms with Crippen molar-refractivity contribution in [2.75, 3.05) is 18.6 Å². The summed E-state index contributed by atoms with van der Waals surface area (Å²) in [6.45, 7) is 3.45. The molecule has 5 nitrogen and oxygen atoms in total. The monoisotopic (exact) mass is 194 g/mol. The van der Waals surface area contributed by atoms with Crippen molar-refractivity contribution in [3.8, 4) is 0 Å². The zero-order valence-electron chi connectivity index (χ0n) is 8.16. The van der Waals surface area contributed by atoms with Crippen LogP contribution in [-0.2, 0) is 4.74 Å². The molecule has 14 heavy (non-hydrogen) atoms. The Morgan fingerprint density at radius 2 is 2.43 bits per heavy atom. The van der Waals surface area contributed by atoms with Gasteiger partial charge in [-0.05, 0) is 13.3 Å². The molecule has 2 heterocycles. The second-order valence-corrected chi connectivity index (χ2v) is 3.46. The SMILES string of the molecule is Cc1cc(NN)nc(C2CCOC2)n1. The smallest absolute Gasteiger partial charge is 0.143 e. The number of hydrazine groups is 1. The molecule has 0 aromatic carbocycles. The number of nitrogen functional groups attached to an aromatic ring is 1. The van der Waals surface area contributed by atoms with E-state index in [-0.39, 0.29) is 0 Å². The molecule has 1 fully saturated rings. The quantitative estimate of drug-likeness (QED) is 0.532. The Bertz CT molecular complexity index is 323. The molecule has 1 aromatic rings. The third kappa shape index (κ3) is 1.83. The van der Waals surface area contributed by atoms with Crippen LogP contribution in [0.15, 0.2) is 6.07 Å². The summed E-state index contributed by atoms with van der Waals surface area (Å²) in [7, 11) is 0. The number of hydrogen-bond acceptors (Lipinski definition) is 5. The van der Waals surface area contributed by atoms with Crippen molar-refractivity contribution in [2.24, 2.45) is 5.84 Å². The van der Waals surface area contributed by atoms with Gasteiger partial charge in [-0.3, -0.25) is 0 Å². The molecule has 1 saturated heterocycles. The normalized spacial score (nSPS) is 21.1. The summed E-state index contributed by atoms with van der Waals surface area (Å²) in [6, 6.07) is 1.82. The van der Waals surface area contributed by atoms with Crippen molar-refractivity contribution >= 4 is 5.82 Å². The molecule has 0 bridgehead atoms. The largest absolute Gasteiger partial charge is 0.381 e. The van der Waals surface area contributed by atoms with Crippen LogP contribution < -0.4 is 11.3 Å². The molecule has 0 aliphatic carbocycles. The van der Waals surface area contributed by atoms with E-state index in [2.05, 4.69) is 15.4 Å². The summed E-state index contributed by atoms with van der Waals surface area (Å²) in [6.07, 6.45) is 0.994. The Labute approximate surface area is 82.7 Å². The van der Waals surface area contributed by atoms with E-state index in [0.29, 0.717) is 18.3 Å². The number of hydrogen-bond donors (Lipinski definition) is 2. The van der Waals surface area contributed by atoms with Gasteiger partial charge in [0.25, 0.3) is 0 Å². The second kappa shape index (κ2) is 3.89. The highest BCUT2D eigenvalue weighted by Gasteiger charge is 2.20. The molecule has 1 aliphatic heterocycles. The standard InChI is InChI=1S/C9H14N4O/c1-6-4-8(13-10)12-9(11-6)7-2-3-14-5-7/h4,7H,2-3,5,10H2,1H3,(H,11,12,13). The topological polar surface area (TPSA) is 73.1 Å². The van der Waals surface area contributed by atoms with Crippen molar-refractivity contribution < 1.29 is 4.74 Å². The van der Waals surface area contributed by atoms with Crippen LogP contribution in [0.3, 0.4) is 0 Å². The van der Waals surface area contributed by atoms with E-state index in [9.17, 15) is 0 Å². The van der Waals surface area contributed by atoms with Gasteiger partial charge in [0, 0.05) is 24.3 Å². The number of aromatic nitrogens is 2. The van der Waals surface area contributed by atoms with Crippen LogP contribution >= 0.6 is 0 Å². The van der Waals surface area contributed by atoms with Crippen molar-refractivity contribution in [2.45, 2.75) is 19.3 Å². The van der Waals surface area contributed by atoms with E-state index in [0.717, 1.165) is 24.5 Å². The van der Waals surface area contributed by atoms with Crippen LogP contribution in [0, 0.1) is 6.92 Å². The van der Waals surface area contributed by atoms with Crippen LogP contribution in [0.5, 0.6) is 0 Å². The maximum absolute atomic E-state index is 5.31. The first kappa shape index (κ1) is 9.36. The summed E-state index contributed by atoms with van der Waals surface area (Å²) < 4.78 is 5.29. The predicted octanol–water partition coefficient (Wildman–Crippen LogP) is 0.575. The van der Waals surface area contributed by atoms with Gasteiger partial charge in [-0.15, -0.1) is 0 Å². The average Bonchev–Trinajstić information content (AvgIpc) is 2.69. The summed E-state index contributed by atoms with van der Waals surface area (Å²) in [5.41, 5.74) is 3.47. The number of rotatable bonds is 2. The van der Waals surface area contributed by atoms with Crippen molar-refractivity contribution in [3.63, 3.8) is 0 Å². The summed E-state index contributed by atoms with van der Waals surface area (Å²) >= 11 is 0. The summed E-state index contributed by atoms with van der Waals surface area (Å²) in [5.74, 6) is 7.13. The zero-order chi connectivity index (χ0) is 9.97. The van der Waals surface area contributed by atoms with E-state index in [1.54, 1.807) is 0 Å². The van der Waals surface area contributed by atoms with E-state index < -0.39 is 0 Å². The lowest BCUT2D eigenvalue weighted by Crippen LogP contribution is -2.13. The highest BCUT2D eigenvalue weighted by atomic mass is 16.5. The molecule has 76 valence electrons. The molecule has 0 amide bonds. The first-order valence-electron chi connectivity index (χ1n) is 4.69. The molecule has 1 aliphatic rings. The number of nitrogens with zero attached hydrogens (tertiary/aromatic N) is 2. The third-order valence-electron chi connectivity index (χ3n) is 2.31. The molecular weight excluding hydrogens is 180 g/mol.